The van der Waals surface area contributed by atoms with Gasteiger partial charge in [-0.3, -0.25) is 9.79 Å². The number of benzene rings is 2. The van der Waals surface area contributed by atoms with E-state index in [1.54, 1.807) is 13.2 Å². The molecule has 28 heavy (non-hydrogen) atoms. The van der Waals surface area contributed by atoms with Crippen molar-refractivity contribution in [2.75, 3.05) is 13.7 Å². The van der Waals surface area contributed by atoms with Crippen LogP contribution >= 0.6 is 23.2 Å². The molecule has 0 spiro atoms. The van der Waals surface area contributed by atoms with Crippen molar-refractivity contribution >= 4 is 34.9 Å². The largest absolute Gasteiger partial charge is 0.493 e. The second-order valence-corrected chi connectivity index (χ2v) is 7.35. The van der Waals surface area contributed by atoms with Crippen LogP contribution in [0, 0.1) is 0 Å². The highest BCUT2D eigenvalue weighted by Crippen LogP contribution is 2.38. The van der Waals surface area contributed by atoms with Crippen molar-refractivity contribution in [1.29, 1.82) is 0 Å². The number of carbonyl (C=O) groups excluding carboxylic acids is 1. The third-order valence-electron chi connectivity index (χ3n) is 4.86. The lowest BCUT2D eigenvalue weighted by Gasteiger charge is -2.26. The van der Waals surface area contributed by atoms with E-state index in [-0.39, 0.29) is 18.4 Å². The molecule has 1 atom stereocenters. The second-order valence-electron chi connectivity index (χ2n) is 6.57. The summed E-state index contributed by atoms with van der Waals surface area (Å²) in [7, 11) is 1.59. The van der Waals surface area contributed by atoms with Crippen LogP contribution in [0.25, 0.3) is 0 Å². The van der Waals surface area contributed by atoms with Gasteiger partial charge in [0.2, 0.25) is 5.91 Å². The van der Waals surface area contributed by atoms with E-state index in [4.69, 9.17) is 32.7 Å². The lowest BCUT2D eigenvalue weighted by molar-refractivity contribution is -0.120. The van der Waals surface area contributed by atoms with Crippen LogP contribution in [0.3, 0.4) is 0 Å². The summed E-state index contributed by atoms with van der Waals surface area (Å²) in [6.45, 7) is 0.864. The van der Waals surface area contributed by atoms with Crippen LogP contribution in [-0.4, -0.2) is 25.4 Å². The molecule has 0 saturated carbocycles. The number of hydrogen-bond donors (Lipinski definition) is 1. The van der Waals surface area contributed by atoms with Crippen LogP contribution in [0.15, 0.2) is 53.0 Å². The summed E-state index contributed by atoms with van der Waals surface area (Å²) < 4.78 is 11.4. The number of hydrogen-bond acceptors (Lipinski definition) is 4. The van der Waals surface area contributed by atoms with Gasteiger partial charge in [-0.25, -0.2) is 0 Å². The second kappa shape index (κ2) is 7.86. The number of amidine groups is 1. The molecular weight excluding hydrogens is 399 g/mol. The Bertz CT molecular complexity index is 1000. The maximum Gasteiger partial charge on any atom is 0.226 e. The zero-order chi connectivity index (χ0) is 19.7. The number of carbonyl (C=O) groups is 1. The van der Waals surface area contributed by atoms with Gasteiger partial charge in [-0.1, -0.05) is 47.5 Å². The molecule has 2 aromatic rings. The summed E-state index contributed by atoms with van der Waals surface area (Å²) in [6, 6.07) is 11.1. The highest BCUT2D eigenvalue weighted by atomic mass is 35.5. The molecule has 0 aromatic heterocycles. The fourth-order valence-corrected chi connectivity index (χ4v) is 3.83. The van der Waals surface area contributed by atoms with Crippen molar-refractivity contribution in [2.45, 2.75) is 18.9 Å². The Morgan fingerprint density at radius 3 is 2.89 bits per heavy atom. The molecule has 0 aliphatic carbocycles. The Hall–Kier alpha value is -2.50. The number of piperidine rings is 1. The van der Waals surface area contributed by atoms with Crippen molar-refractivity contribution in [3.05, 3.63) is 69.2 Å². The third kappa shape index (κ3) is 3.60. The Kier molecular flexibility index (Phi) is 5.29. The van der Waals surface area contributed by atoms with Gasteiger partial charge < -0.3 is 14.8 Å². The van der Waals surface area contributed by atoms with Crippen molar-refractivity contribution in [1.82, 2.24) is 5.32 Å². The fraction of sp³-hybridized carbons (Fsp3) is 0.238. The molecule has 1 unspecified atom stereocenters. The van der Waals surface area contributed by atoms with E-state index in [2.05, 4.69) is 16.4 Å². The van der Waals surface area contributed by atoms with Gasteiger partial charge in [0.25, 0.3) is 0 Å². The summed E-state index contributed by atoms with van der Waals surface area (Å²) in [5.41, 5.74) is 2.84. The zero-order valence-corrected chi connectivity index (χ0v) is 16.7. The normalized spacial score (nSPS) is 18.1. The van der Waals surface area contributed by atoms with E-state index >= 15 is 0 Å². The number of methoxy groups -OCH3 is 1. The molecule has 0 bridgehead atoms. The van der Waals surface area contributed by atoms with E-state index in [0.717, 1.165) is 16.7 Å². The first-order chi connectivity index (χ1) is 13.6. The van der Waals surface area contributed by atoms with Crippen molar-refractivity contribution in [2.24, 2.45) is 4.99 Å². The summed E-state index contributed by atoms with van der Waals surface area (Å²) in [5.74, 6) is 1.80. The first-order valence-corrected chi connectivity index (χ1v) is 9.60. The van der Waals surface area contributed by atoms with Crippen LogP contribution in [0.2, 0.25) is 10.0 Å². The Labute approximate surface area is 173 Å². The molecule has 1 N–H and O–H groups in total. The predicted octanol–water partition coefficient (Wildman–Crippen LogP) is 4.52. The highest BCUT2D eigenvalue weighted by Gasteiger charge is 2.32. The van der Waals surface area contributed by atoms with E-state index in [9.17, 15) is 4.79 Å². The van der Waals surface area contributed by atoms with Gasteiger partial charge >= 0.3 is 0 Å². The molecule has 7 heteroatoms. The minimum Gasteiger partial charge on any atom is -0.493 e. The third-order valence-corrected chi connectivity index (χ3v) is 5.72. The van der Waals surface area contributed by atoms with Crippen LogP contribution in [0.4, 0.5) is 0 Å². The topological polar surface area (TPSA) is 59.9 Å². The fourth-order valence-electron chi connectivity index (χ4n) is 3.45. The first kappa shape index (κ1) is 18.8. The van der Waals surface area contributed by atoms with Crippen molar-refractivity contribution in [3.63, 3.8) is 0 Å². The van der Waals surface area contributed by atoms with Gasteiger partial charge in [-0.2, -0.15) is 0 Å². The summed E-state index contributed by atoms with van der Waals surface area (Å²) in [5, 5.41) is 3.80. The molecule has 4 rings (SSSR count). The van der Waals surface area contributed by atoms with Gasteiger partial charge in [-0.15, -0.1) is 0 Å². The molecule has 5 nitrogen and oxygen atoms in total. The minimum atomic E-state index is -0.0414. The van der Waals surface area contributed by atoms with Gasteiger partial charge in [0.1, 0.15) is 12.4 Å². The van der Waals surface area contributed by atoms with E-state index < -0.39 is 0 Å². The molecule has 144 valence electrons. The number of ether oxygens (including phenoxy) is 2. The Morgan fingerprint density at radius 2 is 2.07 bits per heavy atom. The summed E-state index contributed by atoms with van der Waals surface area (Å²) >= 11 is 12.3. The van der Waals surface area contributed by atoms with Crippen LogP contribution in [0.5, 0.6) is 11.5 Å². The van der Waals surface area contributed by atoms with Crippen LogP contribution in [-0.2, 0) is 11.4 Å². The standard InChI is InChI=1S/C21H18Cl2N2O3/c1-27-18-9-12(15-10-19(26)25-21-14(15)7-8-24-21)5-6-17(18)28-11-13-3-2-4-16(22)20(13)23/h2-7,9,15H,8,10-11H2,1H3,(H,24,25,26). The molecule has 2 aliphatic heterocycles. The van der Waals surface area contributed by atoms with Crippen molar-refractivity contribution in [3.8, 4) is 11.5 Å². The average Bonchev–Trinajstić information content (AvgIpc) is 3.16. The number of fused-ring (bicyclic) bond motifs is 1. The van der Waals surface area contributed by atoms with Gasteiger partial charge in [-0.05, 0) is 23.8 Å². The average molecular weight is 417 g/mol. The molecular formula is C21H18Cl2N2O3. The van der Waals surface area contributed by atoms with Crippen LogP contribution in [0.1, 0.15) is 23.5 Å². The molecule has 2 aromatic carbocycles. The zero-order valence-electron chi connectivity index (χ0n) is 15.2. The SMILES string of the molecule is COc1cc(C2CC(=O)NC3=NCC=C32)ccc1OCc1cccc(Cl)c1Cl. The molecule has 2 heterocycles. The molecule has 1 saturated heterocycles. The minimum absolute atomic E-state index is 0.0299. The lowest BCUT2D eigenvalue weighted by Crippen LogP contribution is -2.38. The maximum absolute atomic E-state index is 12.0. The molecule has 1 amide bonds. The number of halogens is 2. The van der Waals surface area contributed by atoms with E-state index in [1.165, 1.54) is 0 Å². The monoisotopic (exact) mass is 416 g/mol. The smallest absolute Gasteiger partial charge is 0.226 e. The van der Waals surface area contributed by atoms with Gasteiger partial charge in [0, 0.05) is 23.5 Å². The van der Waals surface area contributed by atoms with Gasteiger partial charge in [0.05, 0.1) is 23.7 Å². The number of amides is 1. The first-order valence-electron chi connectivity index (χ1n) is 8.85. The Balaban J connectivity index is 1.57. The Morgan fingerprint density at radius 1 is 1.21 bits per heavy atom. The summed E-state index contributed by atoms with van der Waals surface area (Å²) in [4.78, 5) is 16.4. The molecule has 1 fully saturated rings. The van der Waals surface area contributed by atoms with Crippen LogP contribution < -0.4 is 14.8 Å². The van der Waals surface area contributed by atoms with E-state index in [1.807, 2.05) is 30.3 Å². The number of aliphatic imine (C=N–C) groups is 1. The maximum atomic E-state index is 12.0. The van der Waals surface area contributed by atoms with Gasteiger partial charge in [0.15, 0.2) is 11.5 Å². The van der Waals surface area contributed by atoms with Crippen molar-refractivity contribution < 1.29 is 14.3 Å². The molecule has 0 radical (unpaired) electrons. The highest BCUT2D eigenvalue weighted by molar-refractivity contribution is 6.42. The number of rotatable bonds is 5. The predicted molar refractivity (Wildman–Crippen MR) is 110 cm³/mol. The summed E-state index contributed by atoms with van der Waals surface area (Å²) in [6.07, 6.45) is 2.43. The van der Waals surface area contributed by atoms with E-state index in [0.29, 0.717) is 40.3 Å². The quantitative estimate of drug-likeness (QED) is 0.778. The number of nitrogens with one attached hydrogen (secondary N) is 1. The number of nitrogens with zero attached hydrogens (tertiary/aromatic N) is 1. The molecule has 2 aliphatic rings. The lowest BCUT2D eigenvalue weighted by atomic mass is 9.85.